The molecule has 5 nitrogen and oxygen atoms in total. The van der Waals surface area contributed by atoms with Gasteiger partial charge in [0.1, 0.15) is 24.3 Å². The molecule has 1 aromatic heterocycles. The number of rotatable bonds is 5. The lowest BCUT2D eigenvalue weighted by Crippen LogP contribution is -2.50. The number of nitrogens with zero attached hydrogens (tertiary/aromatic N) is 1. The van der Waals surface area contributed by atoms with Crippen LogP contribution in [0.2, 0.25) is 0 Å². The highest BCUT2D eigenvalue weighted by molar-refractivity contribution is 7.80. The first-order valence-electron chi connectivity index (χ1n) is 7.86. The van der Waals surface area contributed by atoms with Gasteiger partial charge in [0.25, 0.3) is 0 Å². The molecule has 0 radical (unpaired) electrons. The Hall–Kier alpha value is -2.19. The van der Waals surface area contributed by atoms with Crippen LogP contribution in [0.3, 0.4) is 0 Å². The molecule has 2 aromatic rings. The maximum atomic E-state index is 13.6. The van der Waals surface area contributed by atoms with Crippen molar-refractivity contribution < 1.29 is 22.7 Å². The summed E-state index contributed by atoms with van der Waals surface area (Å²) in [6, 6.07) is 6.77. The first-order valence-corrected chi connectivity index (χ1v) is 8.27. The fraction of sp³-hybridized carbons (Fsp3) is 0.353. The monoisotopic (exact) mass is 368 g/mol. The van der Waals surface area contributed by atoms with Gasteiger partial charge in [-0.1, -0.05) is 0 Å². The summed E-state index contributed by atoms with van der Waals surface area (Å²) in [5.41, 5.74) is 0. The van der Waals surface area contributed by atoms with Crippen LogP contribution >= 0.6 is 12.2 Å². The van der Waals surface area contributed by atoms with E-state index >= 15 is 0 Å². The Bertz CT molecular complexity index is 712. The topological polar surface area (TPSA) is 46.9 Å². The number of ether oxygens (including phenoxy) is 2. The molecule has 25 heavy (non-hydrogen) atoms. The van der Waals surface area contributed by atoms with Crippen LogP contribution in [0.15, 0.2) is 41.0 Å². The summed E-state index contributed by atoms with van der Waals surface area (Å²) in [6.07, 6.45) is 1.31. The Morgan fingerprint density at radius 1 is 1.36 bits per heavy atom. The molecule has 1 saturated heterocycles. The second kappa shape index (κ2) is 8.26. The van der Waals surface area contributed by atoms with Crippen LogP contribution < -0.4 is 10.1 Å². The zero-order valence-corrected chi connectivity index (χ0v) is 14.2. The second-order valence-electron chi connectivity index (χ2n) is 5.56. The molecule has 0 spiro atoms. The van der Waals surface area contributed by atoms with Gasteiger partial charge in [0.2, 0.25) is 0 Å². The van der Waals surface area contributed by atoms with E-state index in [0.29, 0.717) is 31.4 Å². The third-order valence-corrected chi connectivity index (χ3v) is 4.14. The van der Waals surface area contributed by atoms with Gasteiger partial charge in [-0.05, 0) is 36.5 Å². The summed E-state index contributed by atoms with van der Waals surface area (Å²) in [6.45, 7) is 2.23. The van der Waals surface area contributed by atoms with Crippen LogP contribution in [0.5, 0.6) is 5.75 Å². The van der Waals surface area contributed by atoms with Crippen LogP contribution in [-0.2, 0) is 11.3 Å². The van der Waals surface area contributed by atoms with Gasteiger partial charge in [-0.25, -0.2) is 8.78 Å². The van der Waals surface area contributed by atoms with Crippen molar-refractivity contribution in [2.45, 2.75) is 12.6 Å². The standard InChI is InChI=1S/C17H18F2N2O3S/c18-12-3-4-15(19)16(8-12)24-11-14-10-21(5-7-23-14)17(25)20-9-13-2-1-6-22-13/h1-4,6,8,14H,5,7,9-11H2,(H,20,25). The Morgan fingerprint density at radius 2 is 2.24 bits per heavy atom. The average molecular weight is 368 g/mol. The van der Waals surface area contributed by atoms with Gasteiger partial charge in [-0.2, -0.15) is 0 Å². The third kappa shape index (κ3) is 4.90. The van der Waals surface area contributed by atoms with Crippen LogP contribution in [-0.4, -0.2) is 42.4 Å². The van der Waals surface area contributed by atoms with Crippen molar-refractivity contribution in [2.24, 2.45) is 0 Å². The number of morpholine rings is 1. The lowest BCUT2D eigenvalue weighted by Gasteiger charge is -2.34. The van der Waals surface area contributed by atoms with E-state index in [-0.39, 0.29) is 18.5 Å². The molecule has 0 aliphatic carbocycles. The Kier molecular flexibility index (Phi) is 5.83. The van der Waals surface area contributed by atoms with Crippen molar-refractivity contribution in [2.75, 3.05) is 26.3 Å². The predicted molar refractivity (Wildman–Crippen MR) is 91.3 cm³/mol. The largest absolute Gasteiger partial charge is 0.488 e. The van der Waals surface area contributed by atoms with E-state index in [4.69, 9.17) is 26.1 Å². The number of halogens is 2. The number of hydrogen-bond acceptors (Lipinski definition) is 4. The van der Waals surface area contributed by atoms with Crippen molar-refractivity contribution in [1.82, 2.24) is 10.2 Å². The summed E-state index contributed by atoms with van der Waals surface area (Å²) in [4.78, 5) is 1.96. The fourth-order valence-electron chi connectivity index (χ4n) is 2.46. The molecule has 1 atom stereocenters. The average Bonchev–Trinajstić information content (AvgIpc) is 3.14. The Morgan fingerprint density at radius 3 is 3.04 bits per heavy atom. The highest BCUT2D eigenvalue weighted by atomic mass is 32.1. The van der Waals surface area contributed by atoms with E-state index < -0.39 is 11.6 Å². The normalized spacial score (nSPS) is 17.4. The van der Waals surface area contributed by atoms with E-state index in [1.54, 1.807) is 6.26 Å². The molecule has 0 saturated carbocycles. The van der Waals surface area contributed by atoms with E-state index in [9.17, 15) is 8.78 Å². The zero-order chi connectivity index (χ0) is 17.6. The molecule has 8 heteroatoms. The number of furan rings is 1. The summed E-state index contributed by atoms with van der Waals surface area (Å²) >= 11 is 5.38. The van der Waals surface area contributed by atoms with Crippen LogP contribution in [0, 0.1) is 11.6 Å². The van der Waals surface area contributed by atoms with Gasteiger partial charge in [-0.15, -0.1) is 0 Å². The summed E-state index contributed by atoms with van der Waals surface area (Å²) < 4.78 is 43.0. The lowest BCUT2D eigenvalue weighted by atomic mass is 10.3. The minimum atomic E-state index is -0.607. The third-order valence-electron chi connectivity index (χ3n) is 3.74. The van der Waals surface area contributed by atoms with Gasteiger partial charge >= 0.3 is 0 Å². The quantitative estimate of drug-likeness (QED) is 0.819. The molecule has 134 valence electrons. The molecule has 1 N–H and O–H groups in total. The fourth-order valence-corrected chi connectivity index (χ4v) is 2.70. The summed E-state index contributed by atoms with van der Waals surface area (Å²) in [7, 11) is 0. The molecule has 2 heterocycles. The van der Waals surface area contributed by atoms with Crippen molar-refractivity contribution in [3.05, 3.63) is 54.0 Å². The molecule has 1 unspecified atom stereocenters. The molecule has 1 aromatic carbocycles. The molecular formula is C17H18F2N2O3S. The first-order chi connectivity index (χ1) is 12.1. The number of nitrogens with one attached hydrogen (secondary N) is 1. The van der Waals surface area contributed by atoms with Crippen molar-refractivity contribution in [3.8, 4) is 5.75 Å². The van der Waals surface area contributed by atoms with Crippen molar-refractivity contribution in [3.63, 3.8) is 0 Å². The Balaban J connectivity index is 1.48. The highest BCUT2D eigenvalue weighted by Crippen LogP contribution is 2.19. The predicted octanol–water partition coefficient (Wildman–Crippen LogP) is 2.71. The van der Waals surface area contributed by atoms with Crippen LogP contribution in [0.4, 0.5) is 8.78 Å². The summed E-state index contributed by atoms with van der Waals surface area (Å²) in [5.74, 6) is -0.494. The van der Waals surface area contributed by atoms with Crippen molar-refractivity contribution in [1.29, 1.82) is 0 Å². The Labute approximate surface area is 149 Å². The molecule has 1 aliphatic heterocycles. The van der Waals surface area contributed by atoms with Gasteiger partial charge < -0.3 is 24.1 Å². The number of benzene rings is 1. The SMILES string of the molecule is Fc1ccc(F)c(OCC2CN(C(=S)NCc3ccco3)CCO2)c1. The molecular weight excluding hydrogens is 350 g/mol. The number of hydrogen-bond donors (Lipinski definition) is 1. The minimum Gasteiger partial charge on any atom is -0.488 e. The maximum Gasteiger partial charge on any atom is 0.169 e. The molecule has 0 amide bonds. The first kappa shape index (κ1) is 17.6. The van der Waals surface area contributed by atoms with Gasteiger partial charge in [0, 0.05) is 19.2 Å². The van der Waals surface area contributed by atoms with Gasteiger partial charge in [0.05, 0.1) is 19.4 Å². The van der Waals surface area contributed by atoms with Gasteiger partial charge in [0.15, 0.2) is 16.7 Å². The molecule has 1 fully saturated rings. The van der Waals surface area contributed by atoms with Crippen LogP contribution in [0.25, 0.3) is 0 Å². The molecule has 0 bridgehead atoms. The lowest BCUT2D eigenvalue weighted by molar-refractivity contribution is -0.0294. The van der Waals surface area contributed by atoms with E-state index in [1.165, 1.54) is 0 Å². The second-order valence-corrected chi connectivity index (χ2v) is 5.95. The minimum absolute atomic E-state index is 0.109. The van der Waals surface area contributed by atoms with Crippen molar-refractivity contribution >= 4 is 17.3 Å². The zero-order valence-electron chi connectivity index (χ0n) is 13.4. The van der Waals surface area contributed by atoms with E-state index in [2.05, 4.69) is 5.32 Å². The smallest absolute Gasteiger partial charge is 0.169 e. The van der Waals surface area contributed by atoms with E-state index in [0.717, 1.165) is 24.0 Å². The number of thiocarbonyl (C=S) groups is 1. The molecule has 1 aliphatic rings. The maximum absolute atomic E-state index is 13.6. The molecule has 3 rings (SSSR count). The van der Waals surface area contributed by atoms with Gasteiger partial charge in [-0.3, -0.25) is 0 Å². The van der Waals surface area contributed by atoms with E-state index in [1.807, 2.05) is 17.0 Å². The van der Waals surface area contributed by atoms with Crippen LogP contribution in [0.1, 0.15) is 5.76 Å². The highest BCUT2D eigenvalue weighted by Gasteiger charge is 2.23. The summed E-state index contributed by atoms with van der Waals surface area (Å²) in [5, 5.41) is 3.71.